The lowest BCUT2D eigenvalue weighted by Gasteiger charge is -2.41. The lowest BCUT2D eigenvalue weighted by Crippen LogP contribution is -2.42. The van der Waals surface area contributed by atoms with Crippen LogP contribution in [0.25, 0.3) is 0 Å². The third kappa shape index (κ3) is 3.73. The van der Waals surface area contributed by atoms with E-state index in [2.05, 4.69) is 64.7 Å². The van der Waals surface area contributed by atoms with Crippen LogP contribution in [0.4, 0.5) is 0 Å². The molecular formula is C14H25N. The SMILES string of the molecule is CC(C)(C)CC1=CC=CCN1C(C)(C)C. The average Bonchev–Trinajstić information content (AvgIpc) is 1.99. The normalized spacial score (nSPS) is 18.0. The molecule has 0 aliphatic carbocycles. The second-order valence-electron chi connectivity index (χ2n) is 6.61. The summed E-state index contributed by atoms with van der Waals surface area (Å²) in [6.07, 6.45) is 7.83. The summed E-state index contributed by atoms with van der Waals surface area (Å²) in [6, 6.07) is 0. The zero-order chi connectivity index (χ0) is 11.7. The summed E-state index contributed by atoms with van der Waals surface area (Å²) in [5, 5.41) is 0. The molecule has 0 aromatic carbocycles. The van der Waals surface area contributed by atoms with Gasteiger partial charge in [0.1, 0.15) is 0 Å². The summed E-state index contributed by atoms with van der Waals surface area (Å²) < 4.78 is 0. The molecule has 1 heteroatoms. The standard InChI is InChI=1S/C14H25N/c1-13(2,3)11-12-9-7-8-10-15(12)14(4,5)6/h7-9H,10-11H2,1-6H3. The highest BCUT2D eigenvalue weighted by molar-refractivity contribution is 5.20. The smallest absolute Gasteiger partial charge is 0.0365 e. The molecule has 0 saturated carbocycles. The van der Waals surface area contributed by atoms with Crippen LogP contribution in [0, 0.1) is 5.41 Å². The maximum atomic E-state index is 2.50. The van der Waals surface area contributed by atoms with Crippen LogP contribution >= 0.6 is 0 Å². The number of rotatable bonds is 1. The van der Waals surface area contributed by atoms with E-state index < -0.39 is 0 Å². The fourth-order valence-corrected chi connectivity index (χ4v) is 1.96. The summed E-state index contributed by atoms with van der Waals surface area (Å²) in [4.78, 5) is 2.50. The Bertz CT molecular complexity index is 271. The largest absolute Gasteiger partial charge is 0.366 e. The van der Waals surface area contributed by atoms with E-state index in [0.29, 0.717) is 5.41 Å². The minimum atomic E-state index is 0.224. The molecule has 1 aliphatic heterocycles. The molecule has 1 rings (SSSR count). The molecule has 0 bridgehead atoms. The van der Waals surface area contributed by atoms with E-state index in [0.717, 1.165) is 13.0 Å². The zero-order valence-corrected chi connectivity index (χ0v) is 11.1. The van der Waals surface area contributed by atoms with E-state index >= 15 is 0 Å². The minimum absolute atomic E-state index is 0.224. The van der Waals surface area contributed by atoms with Gasteiger partial charge in [0.05, 0.1) is 0 Å². The van der Waals surface area contributed by atoms with Crippen molar-refractivity contribution in [2.45, 2.75) is 53.5 Å². The predicted octanol–water partition coefficient (Wildman–Crippen LogP) is 3.98. The molecule has 0 unspecified atom stereocenters. The Kier molecular flexibility index (Phi) is 3.32. The van der Waals surface area contributed by atoms with Crippen LogP contribution in [0.2, 0.25) is 0 Å². The Balaban J connectivity index is 2.83. The van der Waals surface area contributed by atoms with E-state index in [9.17, 15) is 0 Å². The summed E-state index contributed by atoms with van der Waals surface area (Å²) in [6.45, 7) is 14.8. The predicted molar refractivity (Wildman–Crippen MR) is 67.8 cm³/mol. The Morgan fingerprint density at radius 2 is 1.73 bits per heavy atom. The molecule has 0 spiro atoms. The Hall–Kier alpha value is -0.720. The molecule has 15 heavy (non-hydrogen) atoms. The number of hydrogen-bond acceptors (Lipinski definition) is 1. The third-order valence-corrected chi connectivity index (χ3v) is 2.58. The highest BCUT2D eigenvalue weighted by Gasteiger charge is 2.26. The van der Waals surface area contributed by atoms with Gasteiger partial charge in [-0.3, -0.25) is 0 Å². The van der Waals surface area contributed by atoms with E-state index in [4.69, 9.17) is 0 Å². The maximum absolute atomic E-state index is 2.50. The van der Waals surface area contributed by atoms with Crippen molar-refractivity contribution in [1.82, 2.24) is 4.90 Å². The van der Waals surface area contributed by atoms with Gasteiger partial charge < -0.3 is 4.90 Å². The topological polar surface area (TPSA) is 3.24 Å². The van der Waals surface area contributed by atoms with Gasteiger partial charge in [-0.15, -0.1) is 0 Å². The average molecular weight is 207 g/mol. The second-order valence-corrected chi connectivity index (χ2v) is 6.61. The molecule has 1 nitrogen and oxygen atoms in total. The number of allylic oxidation sites excluding steroid dienone is 3. The van der Waals surface area contributed by atoms with Crippen LogP contribution in [0.5, 0.6) is 0 Å². The lowest BCUT2D eigenvalue weighted by molar-refractivity contribution is 0.181. The first-order chi connectivity index (χ1) is 6.70. The van der Waals surface area contributed by atoms with Crippen molar-refractivity contribution in [3.8, 4) is 0 Å². The van der Waals surface area contributed by atoms with Gasteiger partial charge in [-0.05, 0) is 38.7 Å². The van der Waals surface area contributed by atoms with Crippen LogP contribution in [0.1, 0.15) is 48.0 Å². The van der Waals surface area contributed by atoms with Crippen LogP contribution < -0.4 is 0 Å². The Morgan fingerprint density at radius 1 is 1.13 bits per heavy atom. The lowest BCUT2D eigenvalue weighted by atomic mass is 9.88. The van der Waals surface area contributed by atoms with E-state index in [1.54, 1.807) is 0 Å². The first kappa shape index (κ1) is 12.4. The van der Waals surface area contributed by atoms with Crippen molar-refractivity contribution in [3.05, 3.63) is 23.9 Å². The van der Waals surface area contributed by atoms with Crippen molar-refractivity contribution in [3.63, 3.8) is 0 Å². The summed E-state index contributed by atoms with van der Waals surface area (Å²) in [7, 11) is 0. The Morgan fingerprint density at radius 3 is 2.20 bits per heavy atom. The molecule has 0 radical (unpaired) electrons. The molecule has 0 aromatic rings. The van der Waals surface area contributed by atoms with Crippen molar-refractivity contribution < 1.29 is 0 Å². The molecule has 0 N–H and O–H groups in total. The minimum Gasteiger partial charge on any atom is -0.366 e. The summed E-state index contributed by atoms with van der Waals surface area (Å²) in [5.41, 5.74) is 2.06. The van der Waals surface area contributed by atoms with Crippen LogP contribution in [-0.4, -0.2) is 17.0 Å². The second kappa shape index (κ2) is 4.03. The molecule has 0 atom stereocenters. The fourth-order valence-electron chi connectivity index (χ4n) is 1.96. The molecule has 0 saturated heterocycles. The van der Waals surface area contributed by atoms with E-state index in [1.165, 1.54) is 5.70 Å². The van der Waals surface area contributed by atoms with Gasteiger partial charge in [-0.25, -0.2) is 0 Å². The molecule has 1 aliphatic rings. The van der Waals surface area contributed by atoms with Gasteiger partial charge in [0, 0.05) is 17.8 Å². The van der Waals surface area contributed by atoms with Crippen LogP contribution in [0.15, 0.2) is 23.9 Å². The molecular weight excluding hydrogens is 182 g/mol. The van der Waals surface area contributed by atoms with E-state index in [1.807, 2.05) is 0 Å². The van der Waals surface area contributed by atoms with Gasteiger partial charge in [0.2, 0.25) is 0 Å². The zero-order valence-electron chi connectivity index (χ0n) is 11.1. The highest BCUT2D eigenvalue weighted by Crippen LogP contribution is 2.31. The maximum Gasteiger partial charge on any atom is 0.0365 e. The molecule has 86 valence electrons. The monoisotopic (exact) mass is 207 g/mol. The summed E-state index contributed by atoms with van der Waals surface area (Å²) in [5.74, 6) is 0. The number of hydrogen-bond donors (Lipinski definition) is 0. The van der Waals surface area contributed by atoms with Crippen LogP contribution in [0.3, 0.4) is 0 Å². The molecule has 1 heterocycles. The van der Waals surface area contributed by atoms with Crippen LogP contribution in [-0.2, 0) is 0 Å². The van der Waals surface area contributed by atoms with Gasteiger partial charge in [-0.2, -0.15) is 0 Å². The quantitative estimate of drug-likeness (QED) is 0.628. The first-order valence-electron chi connectivity index (χ1n) is 5.83. The van der Waals surface area contributed by atoms with Gasteiger partial charge >= 0.3 is 0 Å². The molecule has 0 aromatic heterocycles. The van der Waals surface area contributed by atoms with Crippen molar-refractivity contribution in [2.75, 3.05) is 6.54 Å². The highest BCUT2D eigenvalue weighted by atomic mass is 15.2. The molecule has 0 amide bonds. The fraction of sp³-hybridized carbons (Fsp3) is 0.714. The van der Waals surface area contributed by atoms with Gasteiger partial charge in [0.25, 0.3) is 0 Å². The third-order valence-electron chi connectivity index (χ3n) is 2.58. The van der Waals surface area contributed by atoms with Crippen molar-refractivity contribution in [2.24, 2.45) is 5.41 Å². The molecule has 0 fully saturated rings. The van der Waals surface area contributed by atoms with E-state index in [-0.39, 0.29) is 5.54 Å². The van der Waals surface area contributed by atoms with Gasteiger partial charge in [0.15, 0.2) is 0 Å². The van der Waals surface area contributed by atoms with Gasteiger partial charge in [-0.1, -0.05) is 32.9 Å². The summed E-state index contributed by atoms with van der Waals surface area (Å²) >= 11 is 0. The number of nitrogens with zero attached hydrogens (tertiary/aromatic N) is 1. The Labute approximate surface area is 94.9 Å². The van der Waals surface area contributed by atoms with Crippen molar-refractivity contribution >= 4 is 0 Å². The van der Waals surface area contributed by atoms with Crippen molar-refractivity contribution in [1.29, 1.82) is 0 Å². The first-order valence-corrected chi connectivity index (χ1v) is 5.83.